The number of H-pyrrole nitrogens is 1. The first-order valence-corrected chi connectivity index (χ1v) is 8.32. The molecule has 0 saturated carbocycles. The average molecular weight is 377 g/mol. The summed E-state index contributed by atoms with van der Waals surface area (Å²) in [5.41, 5.74) is 1.61. The van der Waals surface area contributed by atoms with Crippen LogP contribution in [0, 0.1) is 5.82 Å². The topological polar surface area (TPSA) is 95.6 Å². The van der Waals surface area contributed by atoms with E-state index in [1.54, 1.807) is 6.07 Å². The van der Waals surface area contributed by atoms with Gasteiger partial charge in [0.25, 0.3) is 5.91 Å². The third kappa shape index (κ3) is 3.91. The standard InChI is InChI=1S/C17H18ClFN6O/c1-17(2,3)23-15-13-12(24-25-15)14(22-8-21-13)16(26)20-7-9-4-5-11(19)10(18)6-9/h4-6,8H,7H2,1-3H3,(H,20,26)(H2,23,24,25). The Balaban J connectivity index is 1.81. The van der Waals surface area contributed by atoms with Gasteiger partial charge in [-0.05, 0) is 38.5 Å². The number of carbonyl (C=O) groups excluding carboxylic acids is 1. The molecule has 7 nitrogen and oxygen atoms in total. The van der Waals surface area contributed by atoms with E-state index in [1.165, 1.54) is 18.5 Å². The number of hydrogen-bond acceptors (Lipinski definition) is 5. The molecule has 0 saturated heterocycles. The molecule has 1 aromatic carbocycles. The zero-order valence-corrected chi connectivity index (χ0v) is 15.3. The molecule has 3 aromatic rings. The number of hydrogen-bond donors (Lipinski definition) is 3. The molecule has 9 heteroatoms. The molecular weight excluding hydrogens is 359 g/mol. The lowest BCUT2D eigenvalue weighted by molar-refractivity contribution is 0.0947. The van der Waals surface area contributed by atoms with Crippen LogP contribution in [0.25, 0.3) is 11.0 Å². The predicted molar refractivity (Wildman–Crippen MR) is 97.6 cm³/mol. The van der Waals surface area contributed by atoms with Gasteiger partial charge in [0, 0.05) is 12.1 Å². The Kier molecular flexibility index (Phi) is 4.78. The molecule has 0 spiro atoms. The second-order valence-electron chi connectivity index (χ2n) is 6.82. The number of amides is 1. The Morgan fingerprint density at radius 1 is 1.31 bits per heavy atom. The van der Waals surface area contributed by atoms with Crippen molar-refractivity contribution < 1.29 is 9.18 Å². The van der Waals surface area contributed by atoms with Crippen LogP contribution in [0.3, 0.4) is 0 Å². The van der Waals surface area contributed by atoms with Gasteiger partial charge in [-0.25, -0.2) is 14.4 Å². The highest BCUT2D eigenvalue weighted by atomic mass is 35.5. The van der Waals surface area contributed by atoms with E-state index in [-0.39, 0.29) is 22.8 Å². The molecule has 3 rings (SSSR count). The number of anilines is 1. The Bertz CT molecular complexity index is 966. The van der Waals surface area contributed by atoms with Crippen molar-refractivity contribution in [2.75, 3.05) is 5.32 Å². The van der Waals surface area contributed by atoms with Crippen LogP contribution in [0.2, 0.25) is 5.02 Å². The van der Waals surface area contributed by atoms with Gasteiger partial charge >= 0.3 is 0 Å². The predicted octanol–water partition coefficient (Wildman–Crippen LogP) is 3.29. The highest BCUT2D eigenvalue weighted by molar-refractivity contribution is 6.30. The van der Waals surface area contributed by atoms with Crippen LogP contribution >= 0.6 is 11.6 Å². The van der Waals surface area contributed by atoms with E-state index in [9.17, 15) is 9.18 Å². The van der Waals surface area contributed by atoms with Crippen molar-refractivity contribution in [3.05, 3.63) is 46.6 Å². The van der Waals surface area contributed by atoms with Crippen LogP contribution in [-0.2, 0) is 6.54 Å². The van der Waals surface area contributed by atoms with Crippen molar-refractivity contribution in [3.63, 3.8) is 0 Å². The molecule has 2 aromatic heterocycles. The van der Waals surface area contributed by atoms with E-state index in [2.05, 4.69) is 30.8 Å². The molecule has 0 aliphatic rings. The molecule has 26 heavy (non-hydrogen) atoms. The third-order valence-electron chi connectivity index (χ3n) is 3.50. The molecule has 0 fully saturated rings. The van der Waals surface area contributed by atoms with Crippen molar-refractivity contribution in [3.8, 4) is 0 Å². The van der Waals surface area contributed by atoms with Crippen LogP contribution < -0.4 is 10.6 Å². The van der Waals surface area contributed by atoms with Gasteiger partial charge < -0.3 is 10.6 Å². The molecule has 0 unspecified atom stereocenters. The van der Waals surface area contributed by atoms with Gasteiger partial charge in [-0.15, -0.1) is 0 Å². The molecule has 0 bridgehead atoms. The van der Waals surface area contributed by atoms with Crippen molar-refractivity contribution in [1.82, 2.24) is 25.5 Å². The monoisotopic (exact) mass is 376 g/mol. The maximum atomic E-state index is 13.2. The summed E-state index contributed by atoms with van der Waals surface area (Å²) in [6.45, 7) is 6.17. The summed E-state index contributed by atoms with van der Waals surface area (Å²) >= 11 is 5.75. The summed E-state index contributed by atoms with van der Waals surface area (Å²) in [6.07, 6.45) is 1.31. The van der Waals surface area contributed by atoms with Crippen molar-refractivity contribution in [2.45, 2.75) is 32.9 Å². The smallest absolute Gasteiger partial charge is 0.272 e. The summed E-state index contributed by atoms with van der Waals surface area (Å²) in [4.78, 5) is 20.8. The van der Waals surface area contributed by atoms with Crippen LogP contribution in [0.5, 0.6) is 0 Å². The zero-order valence-electron chi connectivity index (χ0n) is 14.5. The fourth-order valence-electron chi connectivity index (χ4n) is 2.37. The van der Waals surface area contributed by atoms with Crippen LogP contribution in [0.1, 0.15) is 36.8 Å². The van der Waals surface area contributed by atoms with E-state index in [4.69, 9.17) is 11.6 Å². The minimum Gasteiger partial charge on any atom is -0.362 e. The first-order chi connectivity index (χ1) is 12.2. The Morgan fingerprint density at radius 3 is 2.77 bits per heavy atom. The number of benzene rings is 1. The highest BCUT2D eigenvalue weighted by Crippen LogP contribution is 2.22. The molecule has 1 amide bonds. The molecule has 0 radical (unpaired) electrons. The minimum absolute atomic E-state index is 0.00707. The fourth-order valence-corrected chi connectivity index (χ4v) is 2.57. The summed E-state index contributed by atoms with van der Waals surface area (Å²) < 4.78 is 13.2. The molecule has 0 aliphatic carbocycles. The number of fused-ring (bicyclic) bond motifs is 1. The first kappa shape index (κ1) is 18.1. The first-order valence-electron chi connectivity index (χ1n) is 7.94. The molecule has 2 heterocycles. The number of halogens is 2. The zero-order chi connectivity index (χ0) is 18.9. The normalized spacial score (nSPS) is 11.6. The molecule has 3 N–H and O–H groups in total. The summed E-state index contributed by atoms with van der Waals surface area (Å²) in [5, 5.41) is 13.0. The number of rotatable bonds is 4. The van der Waals surface area contributed by atoms with Gasteiger partial charge in [0.05, 0.1) is 5.02 Å². The Hall–Kier alpha value is -2.74. The van der Waals surface area contributed by atoms with Crippen molar-refractivity contribution in [1.29, 1.82) is 0 Å². The summed E-state index contributed by atoms with van der Waals surface area (Å²) in [5.74, 6) is -0.353. The average Bonchev–Trinajstić information content (AvgIpc) is 2.97. The van der Waals surface area contributed by atoms with E-state index in [0.29, 0.717) is 22.4 Å². The van der Waals surface area contributed by atoms with Gasteiger partial charge in [0.15, 0.2) is 11.5 Å². The number of aromatic amines is 1. The molecular formula is C17H18ClFN6O. The third-order valence-corrected chi connectivity index (χ3v) is 3.79. The maximum absolute atomic E-state index is 13.2. The second kappa shape index (κ2) is 6.87. The van der Waals surface area contributed by atoms with Crippen LogP contribution in [-0.4, -0.2) is 31.6 Å². The second-order valence-corrected chi connectivity index (χ2v) is 7.23. The molecule has 136 valence electrons. The van der Waals surface area contributed by atoms with Gasteiger partial charge in [0.1, 0.15) is 23.2 Å². The highest BCUT2D eigenvalue weighted by Gasteiger charge is 2.20. The number of aromatic nitrogens is 4. The minimum atomic E-state index is -0.504. The van der Waals surface area contributed by atoms with Gasteiger partial charge in [-0.1, -0.05) is 17.7 Å². The maximum Gasteiger partial charge on any atom is 0.272 e. The quantitative estimate of drug-likeness (QED) is 0.649. The van der Waals surface area contributed by atoms with Crippen molar-refractivity contribution in [2.24, 2.45) is 0 Å². The largest absolute Gasteiger partial charge is 0.362 e. The lowest BCUT2D eigenvalue weighted by Gasteiger charge is -2.19. The number of carbonyl (C=O) groups is 1. The van der Waals surface area contributed by atoms with E-state index in [1.807, 2.05) is 20.8 Å². The Labute approximate surface area is 154 Å². The number of nitrogens with zero attached hydrogens (tertiary/aromatic N) is 3. The van der Waals surface area contributed by atoms with Gasteiger partial charge in [-0.3, -0.25) is 9.89 Å². The Morgan fingerprint density at radius 2 is 2.08 bits per heavy atom. The summed E-state index contributed by atoms with van der Waals surface area (Å²) in [6, 6.07) is 4.28. The fraction of sp³-hybridized carbons (Fsp3) is 0.294. The van der Waals surface area contributed by atoms with E-state index < -0.39 is 11.7 Å². The SMILES string of the molecule is CC(C)(C)Nc1n[nH]c2c(C(=O)NCc3ccc(F)c(Cl)c3)ncnc12. The van der Waals surface area contributed by atoms with E-state index in [0.717, 1.165) is 0 Å². The van der Waals surface area contributed by atoms with Gasteiger partial charge in [0.2, 0.25) is 0 Å². The van der Waals surface area contributed by atoms with Crippen molar-refractivity contribution >= 4 is 34.4 Å². The van der Waals surface area contributed by atoms with Gasteiger partial charge in [-0.2, -0.15) is 5.10 Å². The van der Waals surface area contributed by atoms with Crippen LogP contribution in [0.4, 0.5) is 10.2 Å². The lowest BCUT2D eigenvalue weighted by Crippen LogP contribution is -2.26. The van der Waals surface area contributed by atoms with Crippen LogP contribution in [0.15, 0.2) is 24.5 Å². The molecule has 0 aliphatic heterocycles. The van der Waals surface area contributed by atoms with E-state index >= 15 is 0 Å². The number of nitrogens with one attached hydrogen (secondary N) is 3. The lowest BCUT2D eigenvalue weighted by atomic mass is 10.1. The summed E-state index contributed by atoms with van der Waals surface area (Å²) in [7, 11) is 0. The molecule has 0 atom stereocenters.